The van der Waals surface area contributed by atoms with Crippen molar-refractivity contribution in [1.82, 2.24) is 15.5 Å². The van der Waals surface area contributed by atoms with Crippen LogP contribution in [0, 0.1) is 5.41 Å². The highest BCUT2D eigenvalue weighted by Gasteiger charge is 2.27. The molecule has 0 spiro atoms. The summed E-state index contributed by atoms with van der Waals surface area (Å²) in [6, 6.07) is 7.42. The van der Waals surface area contributed by atoms with Gasteiger partial charge in [-0.2, -0.15) is 5.10 Å². The highest BCUT2D eigenvalue weighted by Crippen LogP contribution is 2.23. The van der Waals surface area contributed by atoms with Crippen LogP contribution in [0.25, 0.3) is 10.9 Å². The lowest BCUT2D eigenvalue weighted by molar-refractivity contribution is 0.0881. The van der Waals surface area contributed by atoms with E-state index in [1.165, 1.54) is 0 Å². The zero-order valence-electron chi connectivity index (χ0n) is 12.1. The highest BCUT2D eigenvalue weighted by molar-refractivity contribution is 6.04. The van der Waals surface area contributed by atoms with Gasteiger partial charge in [0.2, 0.25) is 0 Å². The van der Waals surface area contributed by atoms with Gasteiger partial charge in [-0.15, -0.1) is 0 Å². The van der Waals surface area contributed by atoms with E-state index in [1.54, 1.807) is 0 Å². The minimum Gasteiger partial charge on any atom is -0.396 e. The molecule has 0 aliphatic heterocycles. The summed E-state index contributed by atoms with van der Waals surface area (Å²) in [5.74, 6) is -0.212. The number of rotatable bonds is 4. The number of nitrogens with one attached hydrogen (secondary N) is 2. The van der Waals surface area contributed by atoms with Gasteiger partial charge in [-0.3, -0.25) is 9.89 Å². The van der Waals surface area contributed by atoms with Gasteiger partial charge in [-0.25, -0.2) is 0 Å². The van der Waals surface area contributed by atoms with Crippen LogP contribution >= 0.6 is 0 Å². The lowest BCUT2D eigenvalue weighted by Gasteiger charge is -2.30. The average molecular weight is 275 g/mol. The van der Waals surface area contributed by atoms with Crippen LogP contribution < -0.4 is 5.32 Å². The molecule has 1 amide bonds. The summed E-state index contributed by atoms with van der Waals surface area (Å²) in [5, 5.41) is 19.9. The molecule has 5 heteroatoms. The van der Waals surface area contributed by atoms with Crippen molar-refractivity contribution in [3.8, 4) is 0 Å². The molecule has 2 rings (SSSR count). The maximum Gasteiger partial charge on any atom is 0.272 e. The van der Waals surface area contributed by atoms with E-state index in [1.807, 2.05) is 45.0 Å². The lowest BCUT2D eigenvalue weighted by Crippen LogP contribution is -2.44. The quantitative estimate of drug-likeness (QED) is 0.799. The third-order valence-corrected chi connectivity index (χ3v) is 3.45. The molecule has 2 aromatic rings. The van der Waals surface area contributed by atoms with Crippen molar-refractivity contribution >= 4 is 16.8 Å². The van der Waals surface area contributed by atoms with Gasteiger partial charge in [0.25, 0.3) is 5.91 Å². The molecule has 0 aliphatic rings. The first-order chi connectivity index (χ1) is 9.43. The number of aromatic nitrogens is 2. The Morgan fingerprint density at radius 2 is 2.10 bits per heavy atom. The van der Waals surface area contributed by atoms with Crippen molar-refractivity contribution in [2.75, 3.05) is 6.61 Å². The Kier molecular flexibility index (Phi) is 4.09. The van der Waals surface area contributed by atoms with Gasteiger partial charge in [-0.1, -0.05) is 39.0 Å². The number of nitrogens with zero attached hydrogens (tertiary/aromatic N) is 1. The van der Waals surface area contributed by atoms with Gasteiger partial charge in [0.1, 0.15) is 0 Å². The van der Waals surface area contributed by atoms with Gasteiger partial charge in [0, 0.05) is 18.0 Å². The van der Waals surface area contributed by atoms with E-state index in [2.05, 4.69) is 15.5 Å². The molecule has 5 nitrogen and oxygen atoms in total. The molecule has 1 unspecified atom stereocenters. The minimum absolute atomic E-state index is 0.0452. The summed E-state index contributed by atoms with van der Waals surface area (Å²) in [6.45, 7) is 6.16. The molecule has 0 radical (unpaired) electrons. The standard InChI is InChI=1S/C15H21N3O2/c1-15(2,3)12(8-9-19)16-14(20)13-10-6-4-5-7-11(10)17-18-13/h4-7,12,19H,8-9H2,1-3H3,(H,16,20)(H,17,18). The topological polar surface area (TPSA) is 78.0 Å². The van der Waals surface area contributed by atoms with Crippen LogP contribution in [0.5, 0.6) is 0 Å². The molecule has 0 aliphatic carbocycles. The van der Waals surface area contributed by atoms with Crippen LogP contribution in [0.2, 0.25) is 0 Å². The first-order valence-corrected chi connectivity index (χ1v) is 6.78. The second kappa shape index (κ2) is 5.63. The fourth-order valence-electron chi connectivity index (χ4n) is 2.21. The number of carbonyl (C=O) groups is 1. The van der Waals surface area contributed by atoms with Crippen molar-refractivity contribution in [2.45, 2.75) is 33.2 Å². The van der Waals surface area contributed by atoms with Crippen LogP contribution in [0.15, 0.2) is 24.3 Å². The van der Waals surface area contributed by atoms with E-state index in [9.17, 15) is 4.79 Å². The molecular weight excluding hydrogens is 254 g/mol. The van der Waals surface area contributed by atoms with Crippen LogP contribution in [-0.2, 0) is 0 Å². The molecule has 1 atom stereocenters. The largest absolute Gasteiger partial charge is 0.396 e. The molecule has 108 valence electrons. The number of benzene rings is 1. The SMILES string of the molecule is CC(C)(C)C(CCO)NC(=O)c1n[nH]c2ccccc12. The van der Waals surface area contributed by atoms with E-state index in [0.717, 1.165) is 10.9 Å². The zero-order chi connectivity index (χ0) is 14.8. The second-order valence-electron chi connectivity index (χ2n) is 6.02. The summed E-state index contributed by atoms with van der Waals surface area (Å²) in [7, 11) is 0. The normalized spacial score (nSPS) is 13.4. The molecule has 1 aromatic heterocycles. The minimum atomic E-state index is -0.212. The fourth-order valence-corrected chi connectivity index (χ4v) is 2.21. The summed E-state index contributed by atoms with van der Waals surface area (Å²) < 4.78 is 0. The third-order valence-electron chi connectivity index (χ3n) is 3.45. The van der Waals surface area contributed by atoms with E-state index in [0.29, 0.717) is 12.1 Å². The van der Waals surface area contributed by atoms with Gasteiger partial charge >= 0.3 is 0 Å². The number of H-pyrrole nitrogens is 1. The van der Waals surface area contributed by atoms with Crippen LogP contribution in [0.3, 0.4) is 0 Å². The summed E-state index contributed by atoms with van der Waals surface area (Å²) in [5.41, 5.74) is 1.12. The summed E-state index contributed by atoms with van der Waals surface area (Å²) in [6.07, 6.45) is 0.525. The molecule has 1 aromatic carbocycles. The van der Waals surface area contributed by atoms with Gasteiger partial charge in [0.05, 0.1) is 5.52 Å². The monoisotopic (exact) mass is 275 g/mol. The predicted octanol–water partition coefficient (Wildman–Crippen LogP) is 2.09. The highest BCUT2D eigenvalue weighted by atomic mass is 16.3. The van der Waals surface area contributed by atoms with E-state index < -0.39 is 0 Å². The number of hydrogen-bond acceptors (Lipinski definition) is 3. The summed E-state index contributed by atoms with van der Waals surface area (Å²) in [4.78, 5) is 12.4. The molecule has 20 heavy (non-hydrogen) atoms. The second-order valence-corrected chi connectivity index (χ2v) is 6.02. The fraction of sp³-hybridized carbons (Fsp3) is 0.467. The first kappa shape index (κ1) is 14.5. The Hall–Kier alpha value is -1.88. The Morgan fingerprint density at radius 1 is 1.40 bits per heavy atom. The molecule has 3 N–H and O–H groups in total. The maximum atomic E-state index is 12.4. The molecular formula is C15H21N3O2. The van der Waals surface area contributed by atoms with Gasteiger partial charge in [-0.05, 0) is 17.9 Å². The molecule has 1 heterocycles. The number of para-hydroxylation sites is 1. The van der Waals surface area contributed by atoms with Gasteiger partial charge < -0.3 is 10.4 Å². The van der Waals surface area contributed by atoms with Crippen molar-refractivity contribution in [1.29, 1.82) is 0 Å². The van der Waals surface area contributed by atoms with Crippen molar-refractivity contribution in [3.63, 3.8) is 0 Å². The number of aromatic amines is 1. The van der Waals surface area contributed by atoms with E-state index in [4.69, 9.17) is 5.11 Å². The van der Waals surface area contributed by atoms with Crippen LogP contribution in [0.4, 0.5) is 0 Å². The molecule has 0 fully saturated rings. The Labute approximate surface area is 118 Å². The summed E-state index contributed by atoms with van der Waals surface area (Å²) >= 11 is 0. The lowest BCUT2D eigenvalue weighted by atomic mass is 9.85. The number of hydrogen-bond donors (Lipinski definition) is 3. The van der Waals surface area contributed by atoms with E-state index in [-0.39, 0.29) is 24.0 Å². The number of amides is 1. The first-order valence-electron chi connectivity index (χ1n) is 6.78. The molecule has 0 bridgehead atoms. The Bertz CT molecular complexity index is 598. The van der Waals surface area contributed by atoms with Crippen LogP contribution in [-0.4, -0.2) is 33.9 Å². The van der Waals surface area contributed by atoms with Gasteiger partial charge in [0.15, 0.2) is 5.69 Å². The van der Waals surface area contributed by atoms with Crippen molar-refractivity contribution in [2.24, 2.45) is 5.41 Å². The Balaban J connectivity index is 2.23. The number of aliphatic hydroxyl groups excluding tert-OH is 1. The van der Waals surface area contributed by atoms with Crippen LogP contribution in [0.1, 0.15) is 37.7 Å². The Morgan fingerprint density at radius 3 is 2.75 bits per heavy atom. The number of carbonyl (C=O) groups excluding carboxylic acids is 1. The predicted molar refractivity (Wildman–Crippen MR) is 78.5 cm³/mol. The third kappa shape index (κ3) is 2.99. The number of aliphatic hydroxyl groups is 1. The molecule has 0 saturated carbocycles. The van der Waals surface area contributed by atoms with E-state index >= 15 is 0 Å². The maximum absolute atomic E-state index is 12.4. The van der Waals surface area contributed by atoms with Crippen molar-refractivity contribution < 1.29 is 9.90 Å². The number of fused-ring (bicyclic) bond motifs is 1. The average Bonchev–Trinajstić information content (AvgIpc) is 2.81. The van der Waals surface area contributed by atoms with Crippen molar-refractivity contribution in [3.05, 3.63) is 30.0 Å². The molecule has 0 saturated heterocycles. The zero-order valence-corrected chi connectivity index (χ0v) is 12.1. The smallest absolute Gasteiger partial charge is 0.272 e.